The van der Waals surface area contributed by atoms with Crippen LogP contribution in [0.25, 0.3) is 5.57 Å². The van der Waals surface area contributed by atoms with Gasteiger partial charge in [-0.25, -0.2) is 0 Å². The Hall–Kier alpha value is -1.93. The highest BCUT2D eigenvalue weighted by Crippen LogP contribution is 2.29. The van der Waals surface area contributed by atoms with E-state index < -0.39 is 0 Å². The third-order valence-corrected chi connectivity index (χ3v) is 5.05. The monoisotopic (exact) mass is 320 g/mol. The van der Waals surface area contributed by atoms with Gasteiger partial charge in [0.15, 0.2) is 0 Å². The lowest BCUT2D eigenvalue weighted by Gasteiger charge is -2.32. The number of likely N-dealkylation sites (tertiary alicyclic amines) is 1. The summed E-state index contributed by atoms with van der Waals surface area (Å²) in [7, 11) is 0. The summed E-state index contributed by atoms with van der Waals surface area (Å²) in [6.45, 7) is 11.7. The summed E-state index contributed by atoms with van der Waals surface area (Å²) in [5.41, 5.74) is 6.22. The lowest BCUT2D eigenvalue weighted by Crippen LogP contribution is -2.32. The topological polar surface area (TPSA) is 16.1 Å². The van der Waals surface area contributed by atoms with Gasteiger partial charge in [-0.3, -0.25) is 9.88 Å². The van der Waals surface area contributed by atoms with Gasteiger partial charge in [-0.15, -0.1) is 0 Å². The molecule has 24 heavy (non-hydrogen) atoms. The summed E-state index contributed by atoms with van der Waals surface area (Å²) in [4.78, 5) is 7.53. The Labute approximate surface area is 146 Å². The summed E-state index contributed by atoms with van der Waals surface area (Å²) >= 11 is 0. The van der Waals surface area contributed by atoms with Gasteiger partial charge in [0.2, 0.25) is 0 Å². The number of aromatic nitrogens is 1. The van der Waals surface area contributed by atoms with Crippen molar-refractivity contribution >= 4 is 5.57 Å². The number of benzene rings is 1. The minimum Gasteiger partial charge on any atom is -0.299 e. The molecule has 2 heterocycles. The van der Waals surface area contributed by atoms with Gasteiger partial charge in [0, 0.05) is 23.9 Å². The van der Waals surface area contributed by atoms with E-state index in [0.717, 1.165) is 31.6 Å². The Morgan fingerprint density at radius 3 is 2.46 bits per heavy atom. The van der Waals surface area contributed by atoms with Crippen LogP contribution < -0.4 is 0 Å². The normalized spacial score (nSPS) is 16.2. The Morgan fingerprint density at radius 2 is 1.83 bits per heavy atom. The number of allylic oxidation sites excluding steroid dienone is 1. The van der Waals surface area contributed by atoms with Crippen molar-refractivity contribution in [3.05, 3.63) is 71.6 Å². The van der Waals surface area contributed by atoms with Gasteiger partial charge in [0.1, 0.15) is 0 Å². The van der Waals surface area contributed by atoms with Crippen LogP contribution in [-0.4, -0.2) is 23.0 Å². The average molecular weight is 320 g/mol. The summed E-state index contributed by atoms with van der Waals surface area (Å²) < 4.78 is 0. The molecule has 0 amide bonds. The van der Waals surface area contributed by atoms with Crippen LogP contribution in [-0.2, 0) is 13.0 Å². The van der Waals surface area contributed by atoms with Gasteiger partial charge in [-0.2, -0.15) is 0 Å². The average Bonchev–Trinajstić information content (AvgIpc) is 2.62. The van der Waals surface area contributed by atoms with Crippen LogP contribution in [0, 0.1) is 0 Å². The molecule has 0 unspecified atom stereocenters. The Balaban J connectivity index is 1.63. The minimum absolute atomic E-state index is 0.599. The number of nitrogens with zero attached hydrogens (tertiary/aromatic N) is 2. The molecule has 2 aromatic rings. The molecule has 1 aromatic carbocycles. The molecule has 1 aromatic heterocycles. The Bertz CT molecular complexity index is 682. The van der Waals surface area contributed by atoms with Crippen molar-refractivity contribution < 1.29 is 0 Å². The van der Waals surface area contributed by atoms with Crippen LogP contribution in [0.15, 0.2) is 49.0 Å². The molecule has 2 heteroatoms. The lowest BCUT2D eigenvalue weighted by molar-refractivity contribution is 0.203. The Kier molecular flexibility index (Phi) is 5.47. The van der Waals surface area contributed by atoms with E-state index in [0.29, 0.717) is 5.92 Å². The van der Waals surface area contributed by atoms with Gasteiger partial charge < -0.3 is 0 Å². The second-order valence-electron chi connectivity index (χ2n) is 6.90. The SMILES string of the molecule is C=C(C)c1ccc(C2CCN(Cc3ccccc3)CC2)nc1CC. The molecule has 1 aliphatic rings. The summed E-state index contributed by atoms with van der Waals surface area (Å²) in [5, 5.41) is 0. The van der Waals surface area contributed by atoms with Gasteiger partial charge in [-0.1, -0.05) is 49.9 Å². The lowest BCUT2D eigenvalue weighted by atomic mass is 9.91. The van der Waals surface area contributed by atoms with E-state index in [4.69, 9.17) is 4.98 Å². The van der Waals surface area contributed by atoms with Crippen molar-refractivity contribution in [3.8, 4) is 0 Å². The molecule has 126 valence electrons. The molecule has 0 aliphatic carbocycles. The minimum atomic E-state index is 0.599. The van der Waals surface area contributed by atoms with E-state index in [9.17, 15) is 0 Å². The number of rotatable bonds is 5. The number of hydrogen-bond donors (Lipinski definition) is 0. The van der Waals surface area contributed by atoms with Crippen molar-refractivity contribution in [2.75, 3.05) is 13.1 Å². The van der Waals surface area contributed by atoms with Gasteiger partial charge in [-0.05, 0) is 62.0 Å². The predicted molar refractivity (Wildman–Crippen MR) is 102 cm³/mol. The highest BCUT2D eigenvalue weighted by Gasteiger charge is 2.22. The second kappa shape index (κ2) is 7.76. The third kappa shape index (κ3) is 3.93. The van der Waals surface area contributed by atoms with Crippen LogP contribution >= 0.6 is 0 Å². The van der Waals surface area contributed by atoms with Crippen LogP contribution in [0.5, 0.6) is 0 Å². The number of hydrogen-bond acceptors (Lipinski definition) is 2. The molecule has 0 N–H and O–H groups in total. The van der Waals surface area contributed by atoms with E-state index in [1.807, 2.05) is 0 Å². The smallest absolute Gasteiger partial charge is 0.0479 e. The first-order valence-corrected chi connectivity index (χ1v) is 9.09. The summed E-state index contributed by atoms with van der Waals surface area (Å²) in [5.74, 6) is 0.599. The van der Waals surface area contributed by atoms with Crippen molar-refractivity contribution in [3.63, 3.8) is 0 Å². The fourth-order valence-electron chi connectivity index (χ4n) is 3.63. The van der Waals surface area contributed by atoms with Crippen molar-refractivity contribution in [2.24, 2.45) is 0 Å². The standard InChI is InChI=1S/C22H28N2/c1-4-21-20(17(2)3)10-11-22(23-21)19-12-14-24(15-13-19)16-18-8-6-5-7-9-18/h5-11,19H,2,4,12-16H2,1,3H3. The molecule has 1 fully saturated rings. The molecule has 0 spiro atoms. The number of pyridine rings is 1. The zero-order valence-electron chi connectivity index (χ0n) is 15.0. The van der Waals surface area contributed by atoms with Crippen LogP contribution in [0.2, 0.25) is 0 Å². The maximum absolute atomic E-state index is 4.97. The predicted octanol–water partition coefficient (Wildman–Crippen LogP) is 5.06. The molecule has 1 aliphatic heterocycles. The maximum atomic E-state index is 4.97. The van der Waals surface area contributed by atoms with Crippen molar-refractivity contribution in [1.29, 1.82) is 0 Å². The number of piperidine rings is 1. The first-order chi connectivity index (χ1) is 11.7. The van der Waals surface area contributed by atoms with E-state index in [1.54, 1.807) is 0 Å². The van der Waals surface area contributed by atoms with Gasteiger partial charge in [0.25, 0.3) is 0 Å². The van der Waals surface area contributed by atoms with E-state index in [2.05, 4.69) is 67.8 Å². The molecule has 0 bridgehead atoms. The molecular weight excluding hydrogens is 292 g/mol. The fraction of sp³-hybridized carbons (Fsp3) is 0.409. The molecule has 2 nitrogen and oxygen atoms in total. The number of aryl methyl sites for hydroxylation is 1. The third-order valence-electron chi connectivity index (χ3n) is 5.05. The largest absolute Gasteiger partial charge is 0.299 e. The summed E-state index contributed by atoms with van der Waals surface area (Å²) in [6, 6.07) is 15.2. The molecule has 1 saturated heterocycles. The maximum Gasteiger partial charge on any atom is 0.0479 e. The van der Waals surface area contributed by atoms with Crippen LogP contribution in [0.4, 0.5) is 0 Å². The first-order valence-electron chi connectivity index (χ1n) is 9.09. The molecule has 0 atom stereocenters. The molecule has 0 radical (unpaired) electrons. The quantitative estimate of drug-likeness (QED) is 0.766. The van der Waals surface area contributed by atoms with E-state index in [-0.39, 0.29) is 0 Å². The second-order valence-corrected chi connectivity index (χ2v) is 6.90. The highest BCUT2D eigenvalue weighted by atomic mass is 15.1. The zero-order valence-corrected chi connectivity index (χ0v) is 15.0. The fourth-order valence-corrected chi connectivity index (χ4v) is 3.63. The summed E-state index contributed by atoms with van der Waals surface area (Å²) in [6.07, 6.45) is 3.38. The van der Waals surface area contributed by atoms with Crippen LogP contribution in [0.3, 0.4) is 0 Å². The molecular formula is C22H28N2. The van der Waals surface area contributed by atoms with Crippen molar-refractivity contribution in [2.45, 2.75) is 45.6 Å². The van der Waals surface area contributed by atoms with E-state index >= 15 is 0 Å². The zero-order chi connectivity index (χ0) is 16.9. The van der Waals surface area contributed by atoms with Gasteiger partial charge >= 0.3 is 0 Å². The van der Waals surface area contributed by atoms with Crippen LogP contribution in [0.1, 0.15) is 55.1 Å². The van der Waals surface area contributed by atoms with Gasteiger partial charge in [0.05, 0.1) is 0 Å². The first kappa shape index (κ1) is 16.9. The molecule has 3 rings (SSSR count). The highest BCUT2D eigenvalue weighted by molar-refractivity contribution is 5.63. The molecule has 0 saturated carbocycles. The van der Waals surface area contributed by atoms with E-state index in [1.165, 1.54) is 35.4 Å². The Morgan fingerprint density at radius 1 is 1.12 bits per heavy atom. The van der Waals surface area contributed by atoms with Crippen molar-refractivity contribution in [1.82, 2.24) is 9.88 Å².